The van der Waals surface area contributed by atoms with Crippen LogP contribution in [0.5, 0.6) is 0 Å². The van der Waals surface area contributed by atoms with Crippen LogP contribution in [0, 0.1) is 5.92 Å². The molecule has 0 radical (unpaired) electrons. The maximum Gasteiger partial charge on any atom is 0.308 e. The van der Waals surface area contributed by atoms with Crippen LogP contribution in [0.2, 0.25) is 0 Å². The molecule has 1 fully saturated rings. The fourth-order valence-electron chi connectivity index (χ4n) is 3.50. The number of rotatable bonds is 7. The summed E-state index contributed by atoms with van der Waals surface area (Å²) in [4.78, 5) is 40.9. The van der Waals surface area contributed by atoms with Crippen LogP contribution in [0.1, 0.15) is 16.8 Å². The lowest BCUT2D eigenvalue weighted by Gasteiger charge is -2.17. The van der Waals surface area contributed by atoms with Gasteiger partial charge in [-0.25, -0.2) is 8.42 Å². The number of aliphatic carboxylic acids is 1. The number of aromatic nitrogens is 1. The lowest BCUT2D eigenvalue weighted by molar-refractivity contribution is -0.141. The quantitative estimate of drug-likeness (QED) is 0.471. The molecule has 3 aromatic rings. The highest BCUT2D eigenvalue weighted by atomic mass is 32.2. The number of carboxylic acids is 1. The van der Waals surface area contributed by atoms with Crippen LogP contribution in [0.15, 0.2) is 78.0 Å². The van der Waals surface area contributed by atoms with Gasteiger partial charge in [0.1, 0.15) is 0 Å². The number of hydrogen-bond donors (Lipinski definition) is 3. The molecule has 0 aliphatic carbocycles. The standard InChI is InChI=1S/C23H20N4O6S/c28-21-13-16(23(30)31)14-27(21)19-4-6-20(7-5-19)34(32,33)26-18-3-1-2-15(12-18)22(29)25-17-8-10-24-11-9-17/h1-12,16,26H,13-14H2,(H,30,31)(H,24,25,29). The summed E-state index contributed by atoms with van der Waals surface area (Å²) in [5.74, 6) is -2.58. The number of carboxylic acid groups (broad SMARTS) is 1. The Kier molecular flexibility index (Phi) is 6.28. The molecule has 1 aliphatic rings. The maximum atomic E-state index is 12.8. The topological polar surface area (TPSA) is 146 Å². The van der Waals surface area contributed by atoms with Crippen molar-refractivity contribution in [1.82, 2.24) is 4.98 Å². The van der Waals surface area contributed by atoms with Crippen molar-refractivity contribution in [3.05, 3.63) is 78.6 Å². The minimum Gasteiger partial charge on any atom is -0.481 e. The Balaban J connectivity index is 1.47. The van der Waals surface area contributed by atoms with E-state index in [1.807, 2.05) is 0 Å². The van der Waals surface area contributed by atoms with Crippen molar-refractivity contribution in [2.24, 2.45) is 5.92 Å². The van der Waals surface area contributed by atoms with Crippen LogP contribution in [-0.2, 0) is 19.6 Å². The molecule has 0 spiro atoms. The summed E-state index contributed by atoms with van der Waals surface area (Å²) in [5, 5.41) is 11.8. The van der Waals surface area contributed by atoms with Gasteiger partial charge in [-0.2, -0.15) is 0 Å². The van der Waals surface area contributed by atoms with Crippen molar-refractivity contribution in [2.75, 3.05) is 21.5 Å². The molecular weight excluding hydrogens is 460 g/mol. The van der Waals surface area contributed by atoms with Crippen molar-refractivity contribution >= 4 is 44.9 Å². The molecule has 2 aromatic carbocycles. The van der Waals surface area contributed by atoms with E-state index < -0.39 is 27.8 Å². The number of nitrogens with zero attached hydrogens (tertiary/aromatic N) is 2. The number of hydrogen-bond acceptors (Lipinski definition) is 6. The minimum atomic E-state index is -3.98. The molecule has 1 aromatic heterocycles. The highest BCUT2D eigenvalue weighted by molar-refractivity contribution is 7.92. The average molecular weight is 481 g/mol. The van der Waals surface area contributed by atoms with Gasteiger partial charge in [0.05, 0.1) is 10.8 Å². The molecule has 1 saturated heterocycles. The number of amides is 2. The van der Waals surface area contributed by atoms with E-state index in [0.717, 1.165) is 0 Å². The Morgan fingerprint density at radius 3 is 2.35 bits per heavy atom. The summed E-state index contributed by atoms with van der Waals surface area (Å²) in [7, 11) is -3.98. The van der Waals surface area contributed by atoms with Gasteiger partial charge in [0, 0.05) is 48.0 Å². The number of carbonyl (C=O) groups excluding carboxylic acids is 2. The number of carbonyl (C=O) groups is 3. The summed E-state index contributed by atoms with van der Waals surface area (Å²) in [5.41, 5.74) is 1.43. The van der Waals surface area contributed by atoms with Crippen LogP contribution in [0.4, 0.5) is 17.1 Å². The van der Waals surface area contributed by atoms with Crippen molar-refractivity contribution in [1.29, 1.82) is 0 Å². The van der Waals surface area contributed by atoms with Crippen molar-refractivity contribution < 1.29 is 27.9 Å². The van der Waals surface area contributed by atoms with Gasteiger partial charge in [0.2, 0.25) is 5.91 Å². The van der Waals surface area contributed by atoms with E-state index in [1.165, 1.54) is 53.7 Å². The second-order valence-corrected chi connectivity index (χ2v) is 9.30. The van der Waals surface area contributed by atoms with E-state index in [0.29, 0.717) is 11.4 Å². The van der Waals surface area contributed by atoms with Gasteiger partial charge in [0.25, 0.3) is 15.9 Å². The Bertz CT molecular complexity index is 1340. The summed E-state index contributed by atoms with van der Waals surface area (Å²) < 4.78 is 28.1. The minimum absolute atomic E-state index is 0.0346. The van der Waals surface area contributed by atoms with Crippen molar-refractivity contribution in [3.63, 3.8) is 0 Å². The van der Waals surface area contributed by atoms with E-state index in [-0.39, 0.29) is 35.0 Å². The molecule has 10 nitrogen and oxygen atoms in total. The van der Waals surface area contributed by atoms with E-state index in [2.05, 4.69) is 15.0 Å². The predicted molar refractivity (Wildman–Crippen MR) is 124 cm³/mol. The van der Waals surface area contributed by atoms with Gasteiger partial charge < -0.3 is 15.3 Å². The first kappa shape index (κ1) is 22.9. The zero-order chi connectivity index (χ0) is 24.3. The third kappa shape index (κ3) is 5.04. The second-order valence-electron chi connectivity index (χ2n) is 7.61. The van der Waals surface area contributed by atoms with Gasteiger partial charge in [-0.3, -0.25) is 24.1 Å². The van der Waals surface area contributed by atoms with Crippen LogP contribution in [-0.4, -0.2) is 42.8 Å². The molecule has 34 heavy (non-hydrogen) atoms. The second kappa shape index (κ2) is 9.32. The molecule has 3 N–H and O–H groups in total. The van der Waals surface area contributed by atoms with Gasteiger partial charge in [-0.1, -0.05) is 6.07 Å². The molecule has 0 saturated carbocycles. The molecule has 0 bridgehead atoms. The number of nitrogens with one attached hydrogen (secondary N) is 2. The third-order valence-electron chi connectivity index (χ3n) is 5.25. The SMILES string of the molecule is O=C(Nc1ccncc1)c1cccc(NS(=O)(=O)c2ccc(N3CC(C(=O)O)CC3=O)cc2)c1. The number of anilines is 3. The average Bonchev–Trinajstić information content (AvgIpc) is 3.22. The first-order chi connectivity index (χ1) is 16.2. The first-order valence-corrected chi connectivity index (χ1v) is 11.7. The third-order valence-corrected chi connectivity index (χ3v) is 6.65. The molecule has 4 rings (SSSR count). The lowest BCUT2D eigenvalue weighted by Crippen LogP contribution is -2.25. The smallest absolute Gasteiger partial charge is 0.308 e. The van der Waals surface area contributed by atoms with Crippen molar-refractivity contribution in [2.45, 2.75) is 11.3 Å². The van der Waals surface area contributed by atoms with E-state index >= 15 is 0 Å². The van der Waals surface area contributed by atoms with Crippen LogP contribution >= 0.6 is 0 Å². The van der Waals surface area contributed by atoms with Gasteiger partial charge >= 0.3 is 5.97 Å². The molecule has 2 amide bonds. The molecule has 1 atom stereocenters. The number of sulfonamides is 1. The first-order valence-electron chi connectivity index (χ1n) is 10.2. The van der Waals surface area contributed by atoms with E-state index in [4.69, 9.17) is 5.11 Å². The molecular formula is C23H20N4O6S. The van der Waals surface area contributed by atoms with Crippen molar-refractivity contribution in [3.8, 4) is 0 Å². The largest absolute Gasteiger partial charge is 0.481 e. The Morgan fingerprint density at radius 1 is 1.00 bits per heavy atom. The maximum absolute atomic E-state index is 12.8. The molecule has 174 valence electrons. The zero-order valence-electron chi connectivity index (χ0n) is 17.7. The highest BCUT2D eigenvalue weighted by Crippen LogP contribution is 2.27. The zero-order valence-corrected chi connectivity index (χ0v) is 18.5. The summed E-state index contributed by atoms with van der Waals surface area (Å²) >= 11 is 0. The highest BCUT2D eigenvalue weighted by Gasteiger charge is 2.35. The summed E-state index contributed by atoms with van der Waals surface area (Å²) in [6, 6.07) is 14.9. The Labute approximate surface area is 195 Å². The molecule has 11 heteroatoms. The normalized spacial score (nSPS) is 15.7. The predicted octanol–water partition coefficient (Wildman–Crippen LogP) is 2.57. The Morgan fingerprint density at radius 2 is 1.71 bits per heavy atom. The van der Waals surface area contributed by atoms with E-state index in [1.54, 1.807) is 24.3 Å². The fraction of sp³-hybridized carbons (Fsp3) is 0.130. The van der Waals surface area contributed by atoms with Crippen LogP contribution in [0.25, 0.3) is 0 Å². The summed E-state index contributed by atoms with van der Waals surface area (Å²) in [6.45, 7) is 0.0346. The lowest BCUT2D eigenvalue weighted by atomic mass is 10.1. The van der Waals surface area contributed by atoms with Gasteiger partial charge in [-0.15, -0.1) is 0 Å². The number of benzene rings is 2. The fourth-order valence-corrected chi connectivity index (χ4v) is 4.55. The van der Waals surface area contributed by atoms with Gasteiger partial charge in [-0.05, 0) is 54.6 Å². The Hall–Kier alpha value is -4.25. The van der Waals surface area contributed by atoms with Crippen LogP contribution in [0.3, 0.4) is 0 Å². The monoisotopic (exact) mass is 480 g/mol. The molecule has 2 heterocycles. The number of pyridine rings is 1. The molecule has 1 unspecified atom stereocenters. The molecule has 1 aliphatic heterocycles. The van der Waals surface area contributed by atoms with E-state index in [9.17, 15) is 22.8 Å². The summed E-state index contributed by atoms with van der Waals surface area (Å²) in [6.07, 6.45) is 2.98. The van der Waals surface area contributed by atoms with Crippen LogP contribution < -0.4 is 14.9 Å². The van der Waals surface area contributed by atoms with Gasteiger partial charge in [0.15, 0.2) is 0 Å².